The second kappa shape index (κ2) is 7.83. The molecule has 1 aromatic carbocycles. The Labute approximate surface area is 160 Å². The van der Waals surface area contributed by atoms with Crippen LogP contribution in [0.25, 0.3) is 0 Å². The number of nitrogens with one attached hydrogen (secondary N) is 1. The highest BCUT2D eigenvalue weighted by Crippen LogP contribution is 2.46. The molecule has 1 atom stereocenters. The van der Waals surface area contributed by atoms with Crippen molar-refractivity contribution in [1.29, 1.82) is 0 Å². The maximum atomic E-state index is 14.3. The first-order valence-corrected chi connectivity index (χ1v) is 8.98. The Morgan fingerprint density at radius 3 is 2.46 bits per heavy atom. The number of halogens is 3. The zero-order valence-corrected chi connectivity index (χ0v) is 15.3. The van der Waals surface area contributed by atoms with Crippen LogP contribution in [0.4, 0.5) is 13.2 Å². The van der Waals surface area contributed by atoms with Gasteiger partial charge >= 0.3 is 12.1 Å². The van der Waals surface area contributed by atoms with Crippen molar-refractivity contribution in [3.63, 3.8) is 0 Å². The van der Waals surface area contributed by atoms with Gasteiger partial charge in [-0.05, 0) is 12.5 Å². The molecule has 1 fully saturated rings. The van der Waals surface area contributed by atoms with Crippen LogP contribution in [0.1, 0.15) is 18.9 Å². The predicted molar refractivity (Wildman–Crippen MR) is 93.0 cm³/mol. The summed E-state index contributed by atoms with van der Waals surface area (Å²) < 4.78 is 53.0. The molecule has 0 spiro atoms. The molecule has 2 heterocycles. The summed E-state index contributed by atoms with van der Waals surface area (Å²) in [6.07, 6.45) is -5.37. The summed E-state index contributed by atoms with van der Waals surface area (Å²) in [6.45, 7) is 2.74. The third kappa shape index (κ3) is 3.58. The number of esters is 1. The molecule has 0 aromatic heterocycles. The van der Waals surface area contributed by atoms with E-state index in [4.69, 9.17) is 9.47 Å². The first kappa shape index (κ1) is 20.2. The van der Waals surface area contributed by atoms with Crippen LogP contribution in [0.5, 0.6) is 0 Å². The van der Waals surface area contributed by atoms with Crippen LogP contribution < -0.4 is 5.32 Å². The summed E-state index contributed by atoms with van der Waals surface area (Å²) in [5.41, 5.74) is -3.06. The van der Waals surface area contributed by atoms with Gasteiger partial charge < -0.3 is 19.7 Å². The van der Waals surface area contributed by atoms with Gasteiger partial charge in [-0.3, -0.25) is 4.79 Å². The van der Waals surface area contributed by atoms with Gasteiger partial charge in [0, 0.05) is 25.2 Å². The SMILES string of the molecule is CCOC(=O)C1=C(N2CCOCC2)C[C@@](c2ccccc2)(C(F)(F)F)NC1=O. The van der Waals surface area contributed by atoms with Crippen molar-refractivity contribution in [2.24, 2.45) is 0 Å². The number of amides is 1. The van der Waals surface area contributed by atoms with Crippen molar-refractivity contribution in [3.8, 4) is 0 Å². The van der Waals surface area contributed by atoms with Crippen LogP contribution in [0, 0.1) is 0 Å². The molecule has 1 saturated heterocycles. The van der Waals surface area contributed by atoms with Crippen LogP contribution in [0.3, 0.4) is 0 Å². The van der Waals surface area contributed by atoms with Gasteiger partial charge in [-0.25, -0.2) is 4.79 Å². The number of alkyl halides is 3. The third-order valence-corrected chi connectivity index (χ3v) is 4.90. The lowest BCUT2D eigenvalue weighted by Crippen LogP contribution is -2.61. The second-order valence-electron chi connectivity index (χ2n) is 6.54. The maximum absolute atomic E-state index is 14.3. The lowest BCUT2D eigenvalue weighted by atomic mass is 9.80. The molecule has 0 aliphatic carbocycles. The fraction of sp³-hybridized carbons (Fsp3) is 0.474. The quantitative estimate of drug-likeness (QED) is 0.622. The molecule has 0 saturated carbocycles. The number of benzene rings is 1. The Morgan fingerprint density at radius 1 is 1.25 bits per heavy atom. The first-order valence-electron chi connectivity index (χ1n) is 8.98. The van der Waals surface area contributed by atoms with E-state index in [1.165, 1.54) is 24.3 Å². The lowest BCUT2D eigenvalue weighted by molar-refractivity contribution is -0.205. The van der Waals surface area contributed by atoms with Gasteiger partial charge in [-0.2, -0.15) is 13.2 Å². The van der Waals surface area contributed by atoms with Crippen molar-refractivity contribution in [3.05, 3.63) is 47.2 Å². The molecule has 0 unspecified atom stereocenters. The van der Waals surface area contributed by atoms with Crippen LogP contribution >= 0.6 is 0 Å². The van der Waals surface area contributed by atoms with E-state index in [1.807, 2.05) is 0 Å². The Bertz CT molecular complexity index is 773. The van der Waals surface area contributed by atoms with Crippen LogP contribution in [-0.4, -0.2) is 55.9 Å². The first-order chi connectivity index (χ1) is 13.3. The monoisotopic (exact) mass is 398 g/mol. The Balaban J connectivity index is 2.15. The predicted octanol–water partition coefficient (Wildman–Crippen LogP) is 2.11. The van der Waals surface area contributed by atoms with Gasteiger partial charge in [0.25, 0.3) is 5.91 Å². The number of rotatable bonds is 4. The highest BCUT2D eigenvalue weighted by molar-refractivity contribution is 6.17. The normalized spacial score (nSPS) is 23.4. The molecule has 2 aliphatic heterocycles. The maximum Gasteiger partial charge on any atom is 0.416 e. The number of carbonyl (C=O) groups is 2. The minimum absolute atomic E-state index is 0.00903. The van der Waals surface area contributed by atoms with Crippen molar-refractivity contribution in [1.82, 2.24) is 10.2 Å². The van der Waals surface area contributed by atoms with Crippen LogP contribution in [0.2, 0.25) is 0 Å². The van der Waals surface area contributed by atoms with Crippen LogP contribution in [-0.2, 0) is 24.6 Å². The Morgan fingerprint density at radius 2 is 1.89 bits per heavy atom. The van der Waals surface area contributed by atoms with E-state index in [0.29, 0.717) is 13.2 Å². The summed E-state index contributed by atoms with van der Waals surface area (Å²) in [5, 5.41) is 2.06. The highest BCUT2D eigenvalue weighted by Gasteiger charge is 2.60. The molecule has 3 rings (SSSR count). The van der Waals surface area contributed by atoms with E-state index in [-0.39, 0.29) is 36.5 Å². The molecule has 0 bridgehead atoms. The fourth-order valence-electron chi connectivity index (χ4n) is 3.52. The van der Waals surface area contributed by atoms with Crippen molar-refractivity contribution < 1.29 is 32.2 Å². The standard InChI is InChI=1S/C19H21F3N2O4/c1-2-28-17(26)15-14(24-8-10-27-11-9-24)12-18(19(20,21)22,23-16(15)25)13-6-4-3-5-7-13/h3-7H,2,8-12H2,1H3,(H,23,25)/t18-/m1/s1. The summed E-state index contributed by atoms with van der Waals surface area (Å²) in [6, 6.07) is 7.20. The lowest BCUT2D eigenvalue weighted by Gasteiger charge is -2.44. The van der Waals surface area contributed by atoms with Crippen molar-refractivity contribution in [2.45, 2.75) is 25.1 Å². The molecule has 6 nitrogen and oxygen atoms in total. The van der Waals surface area contributed by atoms with E-state index < -0.39 is 30.0 Å². The van der Waals surface area contributed by atoms with E-state index in [9.17, 15) is 22.8 Å². The van der Waals surface area contributed by atoms with Crippen molar-refractivity contribution >= 4 is 11.9 Å². The molecule has 9 heteroatoms. The Kier molecular flexibility index (Phi) is 5.64. The van der Waals surface area contributed by atoms with Gasteiger partial charge in [-0.15, -0.1) is 0 Å². The van der Waals surface area contributed by atoms with E-state index >= 15 is 0 Å². The number of hydrogen-bond acceptors (Lipinski definition) is 5. The molecular weight excluding hydrogens is 377 g/mol. The molecule has 1 N–H and O–H groups in total. The van der Waals surface area contributed by atoms with Gasteiger partial charge in [0.05, 0.1) is 19.8 Å². The minimum atomic E-state index is -4.78. The molecule has 152 valence electrons. The van der Waals surface area contributed by atoms with Gasteiger partial charge in [-0.1, -0.05) is 30.3 Å². The molecule has 0 radical (unpaired) electrons. The molecule has 2 aliphatic rings. The molecular formula is C19H21F3N2O4. The number of nitrogens with zero attached hydrogens (tertiary/aromatic N) is 1. The van der Waals surface area contributed by atoms with Gasteiger partial charge in [0.1, 0.15) is 5.57 Å². The smallest absolute Gasteiger partial charge is 0.416 e. The summed E-state index contributed by atoms with van der Waals surface area (Å²) in [5.74, 6) is -2.02. The summed E-state index contributed by atoms with van der Waals surface area (Å²) in [4.78, 5) is 26.8. The van der Waals surface area contributed by atoms with Crippen LogP contribution in [0.15, 0.2) is 41.6 Å². The number of morpholine rings is 1. The zero-order valence-electron chi connectivity index (χ0n) is 15.3. The molecule has 1 aromatic rings. The molecule has 28 heavy (non-hydrogen) atoms. The second-order valence-corrected chi connectivity index (χ2v) is 6.54. The Hall–Kier alpha value is -2.55. The van der Waals surface area contributed by atoms with E-state index in [1.54, 1.807) is 17.9 Å². The average Bonchev–Trinajstić information content (AvgIpc) is 2.68. The fourth-order valence-corrected chi connectivity index (χ4v) is 3.52. The molecule has 1 amide bonds. The van der Waals surface area contributed by atoms with Gasteiger partial charge in [0.2, 0.25) is 0 Å². The third-order valence-electron chi connectivity index (χ3n) is 4.90. The largest absolute Gasteiger partial charge is 0.462 e. The number of carbonyl (C=O) groups excluding carboxylic acids is 2. The number of hydrogen-bond donors (Lipinski definition) is 1. The number of ether oxygens (including phenoxy) is 2. The average molecular weight is 398 g/mol. The topological polar surface area (TPSA) is 67.9 Å². The van der Waals surface area contributed by atoms with Gasteiger partial charge in [0.15, 0.2) is 5.54 Å². The summed E-state index contributed by atoms with van der Waals surface area (Å²) in [7, 11) is 0. The zero-order chi connectivity index (χ0) is 20.4. The van der Waals surface area contributed by atoms with E-state index in [2.05, 4.69) is 5.32 Å². The highest BCUT2D eigenvalue weighted by atomic mass is 19.4. The summed E-state index contributed by atoms with van der Waals surface area (Å²) >= 11 is 0. The van der Waals surface area contributed by atoms with Crippen molar-refractivity contribution in [2.75, 3.05) is 32.9 Å². The van der Waals surface area contributed by atoms with E-state index in [0.717, 1.165) is 0 Å². The minimum Gasteiger partial charge on any atom is -0.462 e.